The molecule has 1 aliphatic rings. The average Bonchev–Trinajstić information content (AvgIpc) is 3.43. The van der Waals surface area contributed by atoms with E-state index in [4.69, 9.17) is 0 Å². The number of hydrogen-bond donors (Lipinski definition) is 0. The van der Waals surface area contributed by atoms with Gasteiger partial charge in [0.2, 0.25) is 0 Å². The molecular formula is C28H23OPS2. The molecule has 3 heterocycles. The van der Waals surface area contributed by atoms with Crippen LogP contribution in [-0.4, -0.2) is 12.3 Å². The summed E-state index contributed by atoms with van der Waals surface area (Å²) in [5.41, 5.74) is 5.20. The molecule has 2 aromatic heterocycles. The monoisotopic (exact) mass is 470 g/mol. The standard InChI is InChI=1S/C28H23OPS2/c1-18-27(21-12-6-8-14-25(21)31-18)23-16-30(29,20-10-4-3-5-11-20)17-24(23)28-19(2)32-26-15-9-7-13-22(26)28/h3-15H,16-17H2,1-2H3. The first-order valence-corrected chi connectivity index (χ1v) is 14.6. The van der Waals surface area contributed by atoms with Crippen LogP contribution in [0.2, 0.25) is 0 Å². The third-order valence-electron chi connectivity index (χ3n) is 6.56. The fraction of sp³-hybridized carbons (Fsp3) is 0.143. The molecule has 3 aromatic carbocycles. The predicted octanol–water partition coefficient (Wildman–Crippen LogP) is 8.35. The summed E-state index contributed by atoms with van der Waals surface area (Å²) in [4.78, 5) is 2.63. The van der Waals surface area contributed by atoms with Gasteiger partial charge in [0, 0.05) is 47.6 Å². The molecule has 158 valence electrons. The number of aryl methyl sites for hydroxylation is 2. The Hall–Kier alpha value is -2.45. The van der Waals surface area contributed by atoms with Crippen LogP contribution in [0.5, 0.6) is 0 Å². The van der Waals surface area contributed by atoms with Gasteiger partial charge < -0.3 is 4.57 Å². The zero-order valence-electron chi connectivity index (χ0n) is 18.1. The van der Waals surface area contributed by atoms with Crippen LogP contribution < -0.4 is 5.30 Å². The summed E-state index contributed by atoms with van der Waals surface area (Å²) >= 11 is 3.69. The van der Waals surface area contributed by atoms with Gasteiger partial charge in [-0.05, 0) is 48.3 Å². The average molecular weight is 471 g/mol. The molecule has 0 atom stereocenters. The third kappa shape index (κ3) is 3.07. The van der Waals surface area contributed by atoms with Crippen LogP contribution in [0.1, 0.15) is 20.9 Å². The van der Waals surface area contributed by atoms with Gasteiger partial charge in [0.15, 0.2) is 0 Å². The van der Waals surface area contributed by atoms with E-state index in [1.165, 1.54) is 52.2 Å². The Morgan fingerprint density at radius 3 is 1.56 bits per heavy atom. The smallest absolute Gasteiger partial charge is 0.124 e. The van der Waals surface area contributed by atoms with Gasteiger partial charge >= 0.3 is 0 Å². The molecule has 0 amide bonds. The maximum atomic E-state index is 14.5. The van der Waals surface area contributed by atoms with Crippen LogP contribution in [0.15, 0.2) is 78.9 Å². The molecule has 1 aliphatic heterocycles. The van der Waals surface area contributed by atoms with Crippen molar-refractivity contribution < 1.29 is 4.57 Å². The van der Waals surface area contributed by atoms with Gasteiger partial charge in [0.05, 0.1) is 0 Å². The molecule has 0 aliphatic carbocycles. The number of rotatable bonds is 3. The quantitative estimate of drug-likeness (QED) is 0.242. The lowest BCUT2D eigenvalue weighted by Crippen LogP contribution is -2.06. The first-order chi connectivity index (χ1) is 15.5. The summed E-state index contributed by atoms with van der Waals surface area (Å²) in [5, 5.41) is 3.59. The Kier molecular flexibility index (Phi) is 4.76. The highest BCUT2D eigenvalue weighted by Gasteiger charge is 2.38. The summed E-state index contributed by atoms with van der Waals surface area (Å²) in [6, 6.07) is 27.5. The Balaban J connectivity index is 1.65. The minimum Gasteiger partial charge on any atom is -0.318 e. The van der Waals surface area contributed by atoms with Crippen LogP contribution in [0.4, 0.5) is 0 Å². The van der Waals surface area contributed by atoms with E-state index in [9.17, 15) is 4.57 Å². The second kappa shape index (κ2) is 7.56. The largest absolute Gasteiger partial charge is 0.318 e. The lowest BCUT2D eigenvalue weighted by Gasteiger charge is -2.13. The van der Waals surface area contributed by atoms with E-state index in [2.05, 4.69) is 74.5 Å². The molecule has 1 nitrogen and oxygen atoms in total. The van der Waals surface area contributed by atoms with E-state index in [-0.39, 0.29) is 0 Å². The third-order valence-corrected chi connectivity index (χ3v) is 11.6. The van der Waals surface area contributed by atoms with Crippen molar-refractivity contribution in [2.75, 3.05) is 12.3 Å². The van der Waals surface area contributed by atoms with Crippen molar-refractivity contribution in [2.45, 2.75) is 13.8 Å². The first-order valence-electron chi connectivity index (χ1n) is 10.9. The Morgan fingerprint density at radius 1 is 0.625 bits per heavy atom. The number of hydrogen-bond acceptors (Lipinski definition) is 3. The maximum absolute atomic E-state index is 14.5. The summed E-state index contributed by atoms with van der Waals surface area (Å²) in [6.07, 6.45) is 1.27. The highest BCUT2D eigenvalue weighted by molar-refractivity contribution is 7.73. The molecular weight excluding hydrogens is 447 g/mol. The molecule has 0 fully saturated rings. The topological polar surface area (TPSA) is 17.1 Å². The van der Waals surface area contributed by atoms with Crippen molar-refractivity contribution in [2.24, 2.45) is 0 Å². The Labute approximate surface area is 196 Å². The predicted molar refractivity (Wildman–Crippen MR) is 143 cm³/mol. The lowest BCUT2D eigenvalue weighted by molar-refractivity contribution is 0.586. The number of benzene rings is 3. The molecule has 0 bridgehead atoms. The molecule has 0 unspecified atom stereocenters. The SMILES string of the molecule is Cc1sc2ccccc2c1C1=C(c2c(C)sc3ccccc23)CP(=O)(c2ccccc2)C1. The Morgan fingerprint density at radius 2 is 1.06 bits per heavy atom. The fourth-order valence-corrected chi connectivity index (χ4v) is 10.3. The molecule has 0 N–H and O–H groups in total. The van der Waals surface area contributed by atoms with E-state index in [1.807, 2.05) is 40.9 Å². The van der Waals surface area contributed by atoms with Gasteiger partial charge in [-0.25, -0.2) is 0 Å². The molecule has 6 rings (SSSR count). The van der Waals surface area contributed by atoms with E-state index in [1.54, 1.807) is 0 Å². The van der Waals surface area contributed by atoms with Crippen LogP contribution in [0.25, 0.3) is 31.3 Å². The van der Waals surface area contributed by atoms with E-state index in [0.717, 1.165) is 5.30 Å². The van der Waals surface area contributed by atoms with Crippen molar-refractivity contribution in [3.8, 4) is 0 Å². The van der Waals surface area contributed by atoms with Gasteiger partial charge in [0.1, 0.15) is 7.14 Å². The van der Waals surface area contributed by atoms with Crippen molar-refractivity contribution in [1.82, 2.24) is 0 Å². The maximum Gasteiger partial charge on any atom is 0.124 e. The normalized spacial score (nSPS) is 15.8. The van der Waals surface area contributed by atoms with Crippen LogP contribution in [0.3, 0.4) is 0 Å². The number of fused-ring (bicyclic) bond motifs is 2. The van der Waals surface area contributed by atoms with Crippen molar-refractivity contribution in [3.63, 3.8) is 0 Å². The van der Waals surface area contributed by atoms with E-state index >= 15 is 0 Å². The zero-order chi connectivity index (χ0) is 21.9. The van der Waals surface area contributed by atoms with Crippen LogP contribution >= 0.6 is 29.8 Å². The highest BCUT2D eigenvalue weighted by Crippen LogP contribution is 2.60. The fourth-order valence-electron chi connectivity index (χ4n) is 5.19. The molecule has 0 radical (unpaired) electrons. The Bertz CT molecular complexity index is 1470. The summed E-state index contributed by atoms with van der Waals surface area (Å²) in [6.45, 7) is 4.43. The molecule has 32 heavy (non-hydrogen) atoms. The molecule has 0 saturated heterocycles. The molecule has 0 spiro atoms. The number of allylic oxidation sites excluding steroid dienone is 2. The van der Waals surface area contributed by atoms with E-state index < -0.39 is 7.14 Å². The lowest BCUT2D eigenvalue weighted by atomic mass is 9.94. The molecule has 4 heteroatoms. The summed E-state index contributed by atoms with van der Waals surface area (Å²) < 4.78 is 17.1. The van der Waals surface area contributed by atoms with Gasteiger partial charge in [-0.2, -0.15) is 0 Å². The minimum atomic E-state index is -2.58. The second-order valence-electron chi connectivity index (χ2n) is 8.56. The van der Waals surface area contributed by atoms with Gasteiger partial charge in [-0.15, -0.1) is 22.7 Å². The van der Waals surface area contributed by atoms with Gasteiger partial charge in [0.25, 0.3) is 0 Å². The zero-order valence-corrected chi connectivity index (χ0v) is 20.6. The molecule has 0 saturated carbocycles. The highest BCUT2D eigenvalue weighted by atomic mass is 32.1. The van der Waals surface area contributed by atoms with Gasteiger partial charge in [-0.3, -0.25) is 0 Å². The minimum absolute atomic E-state index is 0.636. The van der Waals surface area contributed by atoms with Crippen molar-refractivity contribution in [3.05, 3.63) is 99.7 Å². The number of thiophene rings is 2. The van der Waals surface area contributed by atoms with Crippen molar-refractivity contribution in [1.29, 1.82) is 0 Å². The second-order valence-corrected chi connectivity index (χ2v) is 14.0. The van der Waals surface area contributed by atoms with Gasteiger partial charge in [-0.1, -0.05) is 66.7 Å². The van der Waals surface area contributed by atoms with Crippen molar-refractivity contribution >= 4 is 66.4 Å². The summed E-state index contributed by atoms with van der Waals surface area (Å²) in [5.74, 6) is 0. The van der Waals surface area contributed by atoms with E-state index in [0.29, 0.717) is 12.3 Å². The first kappa shape index (κ1) is 20.2. The van der Waals surface area contributed by atoms with Crippen LogP contribution in [0, 0.1) is 13.8 Å². The van der Waals surface area contributed by atoms with Crippen LogP contribution in [-0.2, 0) is 4.57 Å². The molecule has 5 aromatic rings. The summed E-state index contributed by atoms with van der Waals surface area (Å²) in [7, 11) is -2.58.